The average Bonchev–Trinajstić information content (AvgIpc) is 2.61. The molecule has 0 heterocycles. The predicted octanol–water partition coefficient (Wildman–Crippen LogP) is 3.81. The topological polar surface area (TPSA) is 63.2 Å². The van der Waals surface area contributed by atoms with Crippen molar-refractivity contribution in [1.82, 2.24) is 0 Å². The lowest BCUT2D eigenvalue weighted by Gasteiger charge is -2.08. The number of benzene rings is 3. The van der Waals surface area contributed by atoms with Crippen molar-refractivity contribution in [2.24, 2.45) is 0 Å². The molecular formula is C20H19NO3S. The largest absolute Gasteiger partial charge is 0.325 e. The van der Waals surface area contributed by atoms with Crippen LogP contribution in [0.2, 0.25) is 0 Å². The van der Waals surface area contributed by atoms with Gasteiger partial charge in [-0.2, -0.15) is 0 Å². The summed E-state index contributed by atoms with van der Waals surface area (Å²) in [5.41, 5.74) is 1.75. The van der Waals surface area contributed by atoms with Gasteiger partial charge in [-0.25, -0.2) is 8.42 Å². The number of hydrogen-bond donors (Lipinski definition) is 1. The van der Waals surface area contributed by atoms with Gasteiger partial charge >= 0.3 is 0 Å². The SMILES string of the molecule is CCc1ccc(NC(=O)CS(=O)(=O)c2ccc3ccccc3c2)cc1. The highest BCUT2D eigenvalue weighted by molar-refractivity contribution is 7.92. The van der Waals surface area contributed by atoms with Gasteiger partial charge in [0, 0.05) is 5.69 Å². The van der Waals surface area contributed by atoms with E-state index in [9.17, 15) is 13.2 Å². The van der Waals surface area contributed by atoms with Crippen LogP contribution in [0.25, 0.3) is 10.8 Å². The molecule has 0 saturated carbocycles. The molecule has 0 unspecified atom stereocenters. The number of amides is 1. The van der Waals surface area contributed by atoms with Crippen molar-refractivity contribution in [3.05, 3.63) is 72.3 Å². The van der Waals surface area contributed by atoms with Crippen molar-refractivity contribution < 1.29 is 13.2 Å². The first-order valence-corrected chi connectivity index (χ1v) is 9.73. The van der Waals surface area contributed by atoms with Gasteiger partial charge in [0.05, 0.1) is 4.90 Å². The van der Waals surface area contributed by atoms with Crippen LogP contribution in [-0.4, -0.2) is 20.1 Å². The van der Waals surface area contributed by atoms with E-state index in [-0.39, 0.29) is 4.90 Å². The van der Waals surface area contributed by atoms with Gasteiger partial charge in [-0.3, -0.25) is 4.79 Å². The van der Waals surface area contributed by atoms with Crippen LogP contribution in [0.3, 0.4) is 0 Å². The highest BCUT2D eigenvalue weighted by Gasteiger charge is 2.19. The van der Waals surface area contributed by atoms with Crippen LogP contribution in [0.4, 0.5) is 5.69 Å². The van der Waals surface area contributed by atoms with Gasteiger partial charge in [-0.15, -0.1) is 0 Å². The molecule has 5 heteroatoms. The second-order valence-corrected chi connectivity index (χ2v) is 7.86. The number of sulfone groups is 1. The molecule has 3 aromatic rings. The zero-order chi connectivity index (χ0) is 17.9. The number of carbonyl (C=O) groups is 1. The van der Waals surface area contributed by atoms with Crippen LogP contribution in [-0.2, 0) is 21.1 Å². The number of carbonyl (C=O) groups excluding carboxylic acids is 1. The van der Waals surface area contributed by atoms with Gasteiger partial charge in [-0.1, -0.05) is 49.4 Å². The van der Waals surface area contributed by atoms with Crippen molar-refractivity contribution in [2.45, 2.75) is 18.2 Å². The molecule has 1 amide bonds. The molecule has 0 aromatic heterocycles. The van der Waals surface area contributed by atoms with Gasteiger partial charge in [0.25, 0.3) is 0 Å². The Bertz CT molecular complexity index is 1010. The Balaban J connectivity index is 1.75. The van der Waals surface area contributed by atoms with Crippen LogP contribution < -0.4 is 5.32 Å². The lowest BCUT2D eigenvalue weighted by molar-refractivity contribution is -0.113. The molecule has 0 spiro atoms. The van der Waals surface area contributed by atoms with Crippen LogP contribution in [0.1, 0.15) is 12.5 Å². The summed E-state index contributed by atoms with van der Waals surface area (Å²) in [5.74, 6) is -1.13. The molecule has 1 N–H and O–H groups in total. The molecule has 128 valence electrons. The smallest absolute Gasteiger partial charge is 0.239 e. The first-order chi connectivity index (χ1) is 12.0. The zero-order valence-electron chi connectivity index (χ0n) is 13.9. The highest BCUT2D eigenvalue weighted by atomic mass is 32.2. The molecule has 3 aromatic carbocycles. The van der Waals surface area contributed by atoms with Gasteiger partial charge in [-0.05, 0) is 47.0 Å². The summed E-state index contributed by atoms with van der Waals surface area (Å²) in [7, 11) is -3.70. The van der Waals surface area contributed by atoms with Crippen molar-refractivity contribution in [1.29, 1.82) is 0 Å². The summed E-state index contributed by atoms with van der Waals surface area (Å²) >= 11 is 0. The second-order valence-electron chi connectivity index (χ2n) is 5.87. The molecule has 25 heavy (non-hydrogen) atoms. The van der Waals surface area contributed by atoms with Gasteiger partial charge in [0.2, 0.25) is 5.91 Å². The molecule has 0 bridgehead atoms. The minimum absolute atomic E-state index is 0.155. The summed E-state index contributed by atoms with van der Waals surface area (Å²) in [6.07, 6.45) is 0.907. The Labute approximate surface area is 147 Å². The fourth-order valence-corrected chi connectivity index (χ4v) is 3.80. The van der Waals surface area contributed by atoms with Crippen LogP contribution in [0.5, 0.6) is 0 Å². The third-order valence-electron chi connectivity index (χ3n) is 4.05. The quantitative estimate of drug-likeness (QED) is 0.758. The Hall–Kier alpha value is -2.66. The lowest BCUT2D eigenvalue weighted by Crippen LogP contribution is -2.23. The normalized spacial score (nSPS) is 11.4. The third-order valence-corrected chi connectivity index (χ3v) is 5.66. The van der Waals surface area contributed by atoms with Crippen molar-refractivity contribution in [2.75, 3.05) is 11.1 Å². The van der Waals surface area contributed by atoms with E-state index in [2.05, 4.69) is 5.32 Å². The number of fused-ring (bicyclic) bond motifs is 1. The lowest BCUT2D eigenvalue weighted by atomic mass is 10.1. The zero-order valence-corrected chi connectivity index (χ0v) is 14.7. The Morgan fingerprint density at radius 2 is 1.60 bits per heavy atom. The van der Waals surface area contributed by atoms with E-state index in [4.69, 9.17) is 0 Å². The summed E-state index contributed by atoms with van der Waals surface area (Å²) in [6, 6.07) is 19.8. The Kier molecular flexibility index (Phi) is 4.86. The van der Waals surface area contributed by atoms with Crippen molar-refractivity contribution >= 4 is 32.2 Å². The Morgan fingerprint density at radius 1 is 0.920 bits per heavy atom. The van der Waals surface area contributed by atoms with Crippen LogP contribution >= 0.6 is 0 Å². The Morgan fingerprint density at radius 3 is 2.28 bits per heavy atom. The summed E-state index contributed by atoms with van der Waals surface area (Å²) < 4.78 is 25.0. The molecule has 4 nitrogen and oxygen atoms in total. The molecule has 3 rings (SSSR count). The fraction of sp³-hybridized carbons (Fsp3) is 0.150. The minimum Gasteiger partial charge on any atom is -0.325 e. The second kappa shape index (κ2) is 7.07. The minimum atomic E-state index is -3.70. The van der Waals surface area contributed by atoms with Crippen LogP contribution in [0, 0.1) is 0 Å². The summed E-state index contributed by atoms with van der Waals surface area (Å²) in [5, 5.41) is 4.43. The summed E-state index contributed by atoms with van der Waals surface area (Å²) in [4.78, 5) is 12.3. The van der Waals surface area contributed by atoms with E-state index >= 15 is 0 Å². The molecule has 0 atom stereocenters. The first-order valence-electron chi connectivity index (χ1n) is 8.08. The fourth-order valence-electron chi connectivity index (χ4n) is 2.64. The number of hydrogen-bond acceptors (Lipinski definition) is 3. The van der Waals surface area contributed by atoms with E-state index in [1.807, 2.05) is 43.3 Å². The monoisotopic (exact) mass is 353 g/mol. The van der Waals surface area contributed by atoms with E-state index in [0.29, 0.717) is 5.69 Å². The van der Waals surface area contributed by atoms with Crippen molar-refractivity contribution in [3.8, 4) is 0 Å². The highest BCUT2D eigenvalue weighted by Crippen LogP contribution is 2.20. The van der Waals surface area contributed by atoms with Gasteiger partial charge in [0.15, 0.2) is 9.84 Å². The number of anilines is 1. The molecule has 0 aliphatic rings. The van der Waals surface area contributed by atoms with Gasteiger partial charge in [0.1, 0.15) is 5.75 Å². The maximum atomic E-state index is 12.5. The number of aryl methyl sites for hydroxylation is 1. The molecular weight excluding hydrogens is 334 g/mol. The van der Waals surface area contributed by atoms with E-state index < -0.39 is 21.5 Å². The molecule has 0 radical (unpaired) electrons. The average molecular weight is 353 g/mol. The molecule has 0 fully saturated rings. The van der Waals surface area contributed by atoms with E-state index in [1.54, 1.807) is 30.3 Å². The number of nitrogens with one attached hydrogen (secondary N) is 1. The van der Waals surface area contributed by atoms with Gasteiger partial charge < -0.3 is 5.32 Å². The first kappa shape index (κ1) is 17.2. The summed E-state index contributed by atoms with van der Waals surface area (Å²) in [6.45, 7) is 2.05. The third kappa shape index (κ3) is 4.06. The molecule has 0 aliphatic heterocycles. The van der Waals surface area contributed by atoms with E-state index in [1.165, 1.54) is 0 Å². The molecule has 0 aliphatic carbocycles. The standard InChI is InChI=1S/C20H19NO3S/c1-2-15-7-10-18(11-8-15)21-20(22)14-25(23,24)19-12-9-16-5-3-4-6-17(16)13-19/h3-13H,2,14H2,1H3,(H,21,22). The number of rotatable bonds is 5. The van der Waals surface area contributed by atoms with Crippen molar-refractivity contribution in [3.63, 3.8) is 0 Å². The predicted molar refractivity (Wildman–Crippen MR) is 100 cm³/mol. The maximum Gasteiger partial charge on any atom is 0.239 e. The van der Waals surface area contributed by atoms with E-state index in [0.717, 1.165) is 22.8 Å². The molecule has 0 saturated heterocycles. The van der Waals surface area contributed by atoms with Crippen LogP contribution in [0.15, 0.2) is 71.6 Å². The maximum absolute atomic E-state index is 12.5.